The number of halogens is 1. The number of sulfonamides is 1. The van der Waals surface area contributed by atoms with Crippen molar-refractivity contribution in [2.45, 2.75) is 44.7 Å². The molecule has 1 aromatic heterocycles. The smallest absolute Gasteiger partial charge is 0.257 e. The first kappa shape index (κ1) is 24.4. The second kappa shape index (κ2) is 9.90. The van der Waals surface area contributed by atoms with Crippen molar-refractivity contribution in [2.24, 2.45) is 5.92 Å². The van der Waals surface area contributed by atoms with E-state index in [9.17, 15) is 18.0 Å². The van der Waals surface area contributed by atoms with Crippen molar-refractivity contribution in [1.29, 1.82) is 0 Å². The number of hydrogen-bond acceptors (Lipinski definition) is 4. The van der Waals surface area contributed by atoms with Crippen LogP contribution in [0.4, 0.5) is 0 Å². The minimum atomic E-state index is -3.72. The van der Waals surface area contributed by atoms with E-state index in [1.54, 1.807) is 41.0 Å². The molecular weight excluding hydrogens is 474 g/mol. The summed E-state index contributed by atoms with van der Waals surface area (Å²) in [6.07, 6.45) is 3.16. The number of amides is 1. The topological polar surface area (TPSA) is 88.5 Å². The number of carbonyl (C=O) groups excluding carboxylic acids is 1. The first-order valence-electron chi connectivity index (χ1n) is 11.4. The zero-order valence-electron chi connectivity index (χ0n) is 19.3. The number of aryl methyl sites for hydroxylation is 1. The fourth-order valence-electron chi connectivity index (χ4n) is 4.21. The van der Waals surface area contributed by atoms with E-state index in [0.717, 1.165) is 18.4 Å². The molecule has 0 bridgehead atoms. The molecule has 3 aromatic rings. The molecule has 0 saturated carbocycles. The van der Waals surface area contributed by atoms with Gasteiger partial charge in [0.25, 0.3) is 5.91 Å². The van der Waals surface area contributed by atoms with E-state index in [2.05, 4.69) is 12.2 Å². The molecule has 1 N–H and O–H groups in total. The molecule has 2 aromatic carbocycles. The molecule has 2 heterocycles. The highest BCUT2D eigenvalue weighted by Gasteiger charge is 2.28. The van der Waals surface area contributed by atoms with Crippen LogP contribution in [0.3, 0.4) is 0 Å². The predicted octanol–water partition coefficient (Wildman–Crippen LogP) is 4.03. The maximum atomic E-state index is 13.3. The van der Waals surface area contributed by atoms with Crippen molar-refractivity contribution in [3.05, 3.63) is 75.0 Å². The number of fused-ring (bicyclic) bond motifs is 1. The van der Waals surface area contributed by atoms with Crippen LogP contribution in [0.1, 0.15) is 42.6 Å². The lowest BCUT2D eigenvalue weighted by Crippen LogP contribution is -2.38. The summed E-state index contributed by atoms with van der Waals surface area (Å²) < 4.78 is 29.7. The summed E-state index contributed by atoms with van der Waals surface area (Å²) in [5.74, 6) is -0.0175. The third-order valence-electron chi connectivity index (χ3n) is 6.38. The summed E-state index contributed by atoms with van der Waals surface area (Å²) in [7, 11) is -3.72. The predicted molar refractivity (Wildman–Crippen MR) is 134 cm³/mol. The Labute approximate surface area is 204 Å². The van der Waals surface area contributed by atoms with E-state index >= 15 is 0 Å². The Bertz CT molecular complexity index is 1380. The minimum Gasteiger partial charge on any atom is -0.348 e. The average Bonchev–Trinajstić information content (AvgIpc) is 2.84. The molecule has 0 aliphatic carbocycles. The van der Waals surface area contributed by atoms with Crippen LogP contribution in [0.5, 0.6) is 0 Å². The fraction of sp³-hybridized carbons (Fsp3) is 0.360. The van der Waals surface area contributed by atoms with Crippen molar-refractivity contribution in [3.63, 3.8) is 0 Å². The van der Waals surface area contributed by atoms with Crippen LogP contribution in [-0.2, 0) is 23.1 Å². The largest absolute Gasteiger partial charge is 0.348 e. The summed E-state index contributed by atoms with van der Waals surface area (Å²) in [4.78, 5) is 26.3. The molecule has 1 aliphatic rings. The highest BCUT2D eigenvalue weighted by atomic mass is 35.5. The Morgan fingerprint density at radius 2 is 1.79 bits per heavy atom. The van der Waals surface area contributed by atoms with Crippen molar-refractivity contribution >= 4 is 38.4 Å². The van der Waals surface area contributed by atoms with E-state index in [4.69, 9.17) is 11.6 Å². The molecule has 0 atom stereocenters. The number of nitrogens with one attached hydrogen (secondary N) is 1. The molecule has 1 aliphatic heterocycles. The lowest BCUT2D eigenvalue weighted by atomic mass is 10.0. The Morgan fingerprint density at radius 3 is 2.44 bits per heavy atom. The van der Waals surface area contributed by atoms with Gasteiger partial charge in [0.05, 0.1) is 10.4 Å². The van der Waals surface area contributed by atoms with E-state index in [1.165, 1.54) is 16.6 Å². The molecule has 7 nitrogen and oxygen atoms in total. The Balaban J connectivity index is 1.68. The molecular formula is C25H28ClN3O4S. The normalized spacial score (nSPS) is 15.5. The number of pyridine rings is 1. The monoisotopic (exact) mass is 501 g/mol. The third kappa shape index (κ3) is 4.89. The molecule has 0 spiro atoms. The fourth-order valence-corrected chi connectivity index (χ4v) is 5.84. The maximum Gasteiger partial charge on any atom is 0.257 e. The summed E-state index contributed by atoms with van der Waals surface area (Å²) >= 11 is 5.90. The van der Waals surface area contributed by atoms with Crippen LogP contribution in [0.15, 0.2) is 58.4 Å². The van der Waals surface area contributed by atoms with Crippen LogP contribution in [-0.4, -0.2) is 36.3 Å². The van der Waals surface area contributed by atoms with Crippen LogP contribution in [0, 0.1) is 5.92 Å². The Kier molecular flexibility index (Phi) is 7.12. The number of carbonyl (C=O) groups is 1. The number of rotatable bonds is 6. The maximum absolute atomic E-state index is 13.3. The van der Waals surface area contributed by atoms with Gasteiger partial charge in [-0.1, -0.05) is 30.7 Å². The molecule has 4 rings (SSSR count). The summed E-state index contributed by atoms with van der Waals surface area (Å²) in [5.41, 5.74) is 0.925. The number of nitrogens with zero attached hydrogens (tertiary/aromatic N) is 2. The second-order valence-electron chi connectivity index (χ2n) is 8.73. The van der Waals surface area contributed by atoms with Gasteiger partial charge < -0.3 is 9.88 Å². The van der Waals surface area contributed by atoms with Gasteiger partial charge in [-0.2, -0.15) is 4.31 Å². The first-order valence-corrected chi connectivity index (χ1v) is 13.2. The molecule has 1 saturated heterocycles. The van der Waals surface area contributed by atoms with Crippen molar-refractivity contribution in [1.82, 2.24) is 14.2 Å². The van der Waals surface area contributed by atoms with Gasteiger partial charge in [0.15, 0.2) is 0 Å². The first-order chi connectivity index (χ1) is 16.2. The summed E-state index contributed by atoms with van der Waals surface area (Å²) in [6, 6.07) is 11.7. The Morgan fingerprint density at radius 1 is 1.12 bits per heavy atom. The third-order valence-corrected chi connectivity index (χ3v) is 8.53. The minimum absolute atomic E-state index is 0.0235. The molecule has 0 unspecified atom stereocenters. The molecule has 1 fully saturated rings. The van der Waals surface area contributed by atoms with E-state index in [1.807, 2.05) is 6.92 Å². The van der Waals surface area contributed by atoms with E-state index in [0.29, 0.717) is 36.1 Å². The van der Waals surface area contributed by atoms with Crippen molar-refractivity contribution < 1.29 is 13.2 Å². The second-order valence-corrected chi connectivity index (χ2v) is 11.1. The number of benzene rings is 2. The molecule has 180 valence electrons. The van der Waals surface area contributed by atoms with Gasteiger partial charge in [-0.05, 0) is 61.6 Å². The zero-order valence-corrected chi connectivity index (χ0v) is 20.8. The highest BCUT2D eigenvalue weighted by molar-refractivity contribution is 7.89. The quantitative estimate of drug-likeness (QED) is 0.552. The van der Waals surface area contributed by atoms with Gasteiger partial charge in [0.1, 0.15) is 5.56 Å². The molecule has 9 heteroatoms. The standard InChI is InChI=1S/C25H28ClN3O4S/c1-3-28-16-22(25(31)27-15-18-4-6-19(26)7-5-18)24(30)21-14-20(8-9-23(21)28)34(32,33)29-12-10-17(2)11-13-29/h4-9,14,16-17H,3,10-13,15H2,1-2H3,(H,27,31). The lowest BCUT2D eigenvalue weighted by molar-refractivity contribution is 0.0949. The van der Waals surface area contributed by atoms with Gasteiger partial charge in [-0.15, -0.1) is 0 Å². The number of aromatic nitrogens is 1. The van der Waals surface area contributed by atoms with Gasteiger partial charge in [0, 0.05) is 42.8 Å². The van der Waals surface area contributed by atoms with Crippen LogP contribution >= 0.6 is 11.6 Å². The average molecular weight is 502 g/mol. The summed E-state index contributed by atoms with van der Waals surface area (Å²) in [5, 5.41) is 3.58. The van der Waals surface area contributed by atoms with Crippen LogP contribution < -0.4 is 10.7 Å². The van der Waals surface area contributed by atoms with E-state index in [-0.39, 0.29) is 22.4 Å². The lowest BCUT2D eigenvalue weighted by Gasteiger charge is -2.29. The number of hydrogen-bond donors (Lipinski definition) is 1. The van der Waals surface area contributed by atoms with Crippen LogP contribution in [0.2, 0.25) is 5.02 Å². The van der Waals surface area contributed by atoms with Gasteiger partial charge in [-0.3, -0.25) is 9.59 Å². The Hall–Kier alpha value is -2.68. The van der Waals surface area contributed by atoms with E-state index < -0.39 is 21.4 Å². The molecule has 34 heavy (non-hydrogen) atoms. The van der Waals surface area contributed by atoms with Crippen LogP contribution in [0.25, 0.3) is 10.9 Å². The highest BCUT2D eigenvalue weighted by Crippen LogP contribution is 2.25. The summed E-state index contributed by atoms with van der Waals surface area (Å²) in [6.45, 7) is 5.71. The van der Waals surface area contributed by atoms with Crippen molar-refractivity contribution in [3.8, 4) is 0 Å². The molecule has 1 amide bonds. The number of piperidine rings is 1. The molecule has 0 radical (unpaired) electrons. The van der Waals surface area contributed by atoms with Gasteiger partial charge in [-0.25, -0.2) is 8.42 Å². The SMILES string of the molecule is CCn1cc(C(=O)NCc2ccc(Cl)cc2)c(=O)c2cc(S(=O)(=O)N3CCC(C)CC3)ccc21. The zero-order chi connectivity index (χ0) is 24.5. The van der Waals surface area contributed by atoms with Gasteiger partial charge >= 0.3 is 0 Å². The van der Waals surface area contributed by atoms with Crippen molar-refractivity contribution in [2.75, 3.05) is 13.1 Å². The van der Waals surface area contributed by atoms with Gasteiger partial charge in [0.2, 0.25) is 15.5 Å².